The molecule has 0 bridgehead atoms. The van der Waals surface area contributed by atoms with Gasteiger partial charge in [-0.3, -0.25) is 9.59 Å². The molecular formula is C18H18N2O6S. The van der Waals surface area contributed by atoms with Gasteiger partial charge in [-0.05, 0) is 18.2 Å². The molecule has 27 heavy (non-hydrogen) atoms. The quantitative estimate of drug-likeness (QED) is 0.851. The van der Waals surface area contributed by atoms with Gasteiger partial charge in [0.25, 0.3) is 5.91 Å². The van der Waals surface area contributed by atoms with Crippen LogP contribution >= 0.6 is 11.3 Å². The number of amides is 1. The number of fused-ring (bicyclic) bond motifs is 1. The lowest BCUT2D eigenvalue weighted by molar-refractivity contribution is -0.139. The first-order valence-electron chi connectivity index (χ1n) is 8.58. The normalized spacial score (nSPS) is 19.0. The Morgan fingerprint density at radius 2 is 2.04 bits per heavy atom. The molecule has 1 atom stereocenters. The summed E-state index contributed by atoms with van der Waals surface area (Å²) in [5.41, 5.74) is 1.15. The van der Waals surface area contributed by atoms with E-state index in [4.69, 9.17) is 19.3 Å². The molecule has 142 valence electrons. The largest absolute Gasteiger partial charge is 0.486 e. The second-order valence-electron chi connectivity index (χ2n) is 6.22. The van der Waals surface area contributed by atoms with E-state index in [0.717, 1.165) is 5.56 Å². The monoisotopic (exact) mass is 390 g/mol. The van der Waals surface area contributed by atoms with Crippen LogP contribution in [0.2, 0.25) is 0 Å². The number of rotatable bonds is 4. The zero-order valence-electron chi connectivity index (χ0n) is 14.4. The summed E-state index contributed by atoms with van der Waals surface area (Å²) in [5, 5.41) is 11.4. The minimum absolute atomic E-state index is 0.148. The Bertz CT molecular complexity index is 867. The van der Waals surface area contributed by atoms with Crippen LogP contribution in [0.3, 0.4) is 0 Å². The summed E-state index contributed by atoms with van der Waals surface area (Å²) in [6.45, 7) is 1.99. The van der Waals surface area contributed by atoms with Crippen molar-refractivity contribution in [1.82, 2.24) is 9.88 Å². The van der Waals surface area contributed by atoms with Crippen molar-refractivity contribution >= 4 is 23.2 Å². The molecule has 2 aromatic rings. The fraction of sp³-hybridized carbons (Fsp3) is 0.389. The molecule has 1 N–H and O–H groups in total. The third-order valence-electron chi connectivity index (χ3n) is 4.41. The number of thiazole rings is 1. The third kappa shape index (κ3) is 3.74. The van der Waals surface area contributed by atoms with E-state index in [2.05, 4.69) is 4.98 Å². The summed E-state index contributed by atoms with van der Waals surface area (Å²) in [5.74, 6) is 0.127. The van der Waals surface area contributed by atoms with Crippen molar-refractivity contribution in [3.8, 4) is 22.1 Å². The number of ether oxygens (including phenoxy) is 3. The molecule has 0 saturated carbocycles. The van der Waals surface area contributed by atoms with Crippen LogP contribution in [0.15, 0.2) is 23.6 Å². The Morgan fingerprint density at radius 1 is 1.22 bits per heavy atom. The van der Waals surface area contributed by atoms with Gasteiger partial charge in [0, 0.05) is 17.5 Å². The molecule has 0 aliphatic carbocycles. The Labute approximate surface area is 159 Å². The number of aliphatic carboxylic acids is 1. The molecule has 1 fully saturated rings. The van der Waals surface area contributed by atoms with Gasteiger partial charge in [0.05, 0.1) is 25.7 Å². The summed E-state index contributed by atoms with van der Waals surface area (Å²) in [6.07, 6.45) is -0.148. The smallest absolute Gasteiger partial charge is 0.305 e. The van der Waals surface area contributed by atoms with Crippen molar-refractivity contribution in [1.29, 1.82) is 0 Å². The second kappa shape index (κ2) is 7.53. The average molecular weight is 390 g/mol. The van der Waals surface area contributed by atoms with Gasteiger partial charge in [0.1, 0.15) is 23.9 Å². The lowest BCUT2D eigenvalue weighted by Gasteiger charge is -2.34. The minimum atomic E-state index is -0.960. The maximum Gasteiger partial charge on any atom is 0.305 e. The lowest BCUT2D eigenvalue weighted by Crippen LogP contribution is -2.49. The van der Waals surface area contributed by atoms with Gasteiger partial charge >= 0.3 is 5.97 Å². The van der Waals surface area contributed by atoms with Crippen molar-refractivity contribution in [2.45, 2.75) is 12.5 Å². The highest BCUT2D eigenvalue weighted by Gasteiger charge is 2.31. The van der Waals surface area contributed by atoms with Gasteiger partial charge in [-0.2, -0.15) is 0 Å². The Morgan fingerprint density at radius 3 is 2.85 bits per heavy atom. The van der Waals surface area contributed by atoms with Crippen LogP contribution < -0.4 is 9.47 Å². The summed E-state index contributed by atoms with van der Waals surface area (Å²) in [4.78, 5) is 29.9. The Kier molecular flexibility index (Phi) is 4.95. The Balaban J connectivity index is 1.54. The molecule has 4 rings (SSSR count). The molecule has 1 amide bonds. The first-order valence-corrected chi connectivity index (χ1v) is 9.46. The predicted molar refractivity (Wildman–Crippen MR) is 96.4 cm³/mol. The van der Waals surface area contributed by atoms with Crippen molar-refractivity contribution in [2.75, 3.05) is 33.0 Å². The number of carbonyl (C=O) groups is 2. The number of carboxylic acid groups (broad SMARTS) is 1. The molecule has 9 heteroatoms. The van der Waals surface area contributed by atoms with Crippen molar-refractivity contribution in [2.24, 2.45) is 0 Å². The first-order chi connectivity index (χ1) is 13.1. The summed E-state index contributed by atoms with van der Waals surface area (Å²) < 4.78 is 16.4. The van der Waals surface area contributed by atoms with E-state index in [1.165, 1.54) is 11.3 Å². The molecule has 3 heterocycles. The molecule has 2 aliphatic heterocycles. The highest BCUT2D eigenvalue weighted by Crippen LogP contribution is 2.35. The average Bonchev–Trinajstić information content (AvgIpc) is 3.17. The number of carboxylic acids is 1. The van der Waals surface area contributed by atoms with E-state index in [9.17, 15) is 9.59 Å². The van der Waals surface area contributed by atoms with Crippen molar-refractivity contribution in [3.63, 3.8) is 0 Å². The SMILES string of the molecule is O=C(O)CC1COCCN1C(=O)c1csc(-c2ccc3c(c2)OCCO3)n1. The number of hydrogen-bond acceptors (Lipinski definition) is 7. The molecular weight excluding hydrogens is 372 g/mol. The Hall–Kier alpha value is -2.65. The number of carbonyl (C=O) groups excluding carboxylic acids is 1. The van der Waals surface area contributed by atoms with E-state index >= 15 is 0 Å². The molecule has 8 nitrogen and oxygen atoms in total. The maximum absolute atomic E-state index is 12.8. The number of hydrogen-bond donors (Lipinski definition) is 1. The van der Waals surface area contributed by atoms with Gasteiger partial charge in [-0.25, -0.2) is 4.98 Å². The lowest BCUT2D eigenvalue weighted by atomic mass is 10.1. The fourth-order valence-electron chi connectivity index (χ4n) is 3.12. The van der Waals surface area contributed by atoms with Crippen LogP contribution in [0, 0.1) is 0 Å². The molecule has 1 saturated heterocycles. The third-order valence-corrected chi connectivity index (χ3v) is 5.30. The number of nitrogens with zero attached hydrogens (tertiary/aromatic N) is 2. The fourth-order valence-corrected chi connectivity index (χ4v) is 3.91. The highest BCUT2D eigenvalue weighted by molar-refractivity contribution is 7.13. The van der Waals surface area contributed by atoms with Gasteiger partial charge in [-0.1, -0.05) is 0 Å². The van der Waals surface area contributed by atoms with Gasteiger partial charge < -0.3 is 24.2 Å². The zero-order valence-corrected chi connectivity index (χ0v) is 15.2. The number of benzene rings is 1. The molecule has 1 unspecified atom stereocenters. The first kappa shape index (κ1) is 17.7. The highest BCUT2D eigenvalue weighted by atomic mass is 32.1. The van der Waals surface area contributed by atoms with Crippen LogP contribution in [0.5, 0.6) is 11.5 Å². The van der Waals surface area contributed by atoms with Gasteiger partial charge in [0.2, 0.25) is 0 Å². The van der Waals surface area contributed by atoms with Crippen molar-refractivity contribution in [3.05, 3.63) is 29.3 Å². The van der Waals surface area contributed by atoms with Crippen molar-refractivity contribution < 1.29 is 28.9 Å². The summed E-state index contributed by atoms with van der Waals surface area (Å²) >= 11 is 1.36. The zero-order chi connectivity index (χ0) is 18.8. The predicted octanol–water partition coefficient (Wildman–Crippen LogP) is 1.90. The van der Waals surface area contributed by atoms with Crippen LogP contribution in [0.25, 0.3) is 10.6 Å². The second-order valence-corrected chi connectivity index (χ2v) is 7.08. The van der Waals surface area contributed by atoms with Gasteiger partial charge in [-0.15, -0.1) is 11.3 Å². The molecule has 2 aliphatic rings. The van der Waals surface area contributed by atoms with E-state index in [0.29, 0.717) is 48.6 Å². The van der Waals surface area contributed by atoms with Gasteiger partial charge in [0.15, 0.2) is 11.5 Å². The summed E-state index contributed by atoms with van der Waals surface area (Å²) in [6, 6.07) is 5.08. The van der Waals surface area contributed by atoms with E-state index in [1.54, 1.807) is 10.3 Å². The van der Waals surface area contributed by atoms with Crippen LogP contribution in [0.4, 0.5) is 0 Å². The van der Waals surface area contributed by atoms with E-state index in [1.807, 2.05) is 18.2 Å². The topological polar surface area (TPSA) is 98.2 Å². The summed E-state index contributed by atoms with van der Waals surface area (Å²) in [7, 11) is 0. The number of aromatic nitrogens is 1. The number of morpholine rings is 1. The van der Waals surface area contributed by atoms with Crippen LogP contribution in [0.1, 0.15) is 16.9 Å². The maximum atomic E-state index is 12.8. The molecule has 0 spiro atoms. The molecule has 0 radical (unpaired) electrons. The van der Waals surface area contributed by atoms with Crippen LogP contribution in [-0.4, -0.2) is 65.9 Å². The molecule has 1 aromatic carbocycles. The standard InChI is InChI=1S/C18H18N2O6S/c21-16(22)8-12-9-24-4-3-20(12)18(23)13-10-27-17(19-13)11-1-2-14-15(7-11)26-6-5-25-14/h1-2,7,10,12H,3-6,8-9H2,(H,21,22). The van der Waals surface area contributed by atoms with Crippen LogP contribution in [-0.2, 0) is 9.53 Å². The van der Waals surface area contributed by atoms with E-state index < -0.39 is 12.0 Å². The van der Waals surface area contributed by atoms with E-state index in [-0.39, 0.29) is 18.9 Å². The molecule has 1 aromatic heterocycles. The minimum Gasteiger partial charge on any atom is -0.486 e.